The van der Waals surface area contributed by atoms with Gasteiger partial charge < -0.3 is 9.47 Å². The number of carbonyl (C=O) groups excluding carboxylic acids is 1. The molecule has 2 bridgehead atoms. The van der Waals surface area contributed by atoms with Crippen molar-refractivity contribution >= 4 is 5.97 Å². The van der Waals surface area contributed by atoms with Crippen molar-refractivity contribution in [2.24, 2.45) is 17.8 Å². The Morgan fingerprint density at radius 3 is 2.75 bits per heavy atom. The Morgan fingerprint density at radius 1 is 1.38 bits per heavy atom. The van der Waals surface area contributed by atoms with E-state index in [1.165, 1.54) is 32.6 Å². The lowest BCUT2D eigenvalue weighted by atomic mass is 9.87. The Morgan fingerprint density at radius 2 is 2.19 bits per heavy atom. The van der Waals surface area contributed by atoms with E-state index in [4.69, 9.17) is 9.47 Å². The Kier molecular flexibility index (Phi) is 3.85. The van der Waals surface area contributed by atoms with Crippen molar-refractivity contribution < 1.29 is 14.3 Å². The molecule has 0 aromatic carbocycles. The molecule has 3 unspecified atom stereocenters. The fourth-order valence-electron chi connectivity index (χ4n) is 3.38. The first-order valence-corrected chi connectivity index (χ1v) is 6.44. The standard InChI is InChI=1S/C13H22O3/c1-9(14)16-10(2)15-6-5-13-8-11-3-4-12(13)7-11/h10-13H,3-8H2,1-2H3/t10?,11?,12-,13?/m0/s1. The third-order valence-corrected chi connectivity index (χ3v) is 4.06. The molecule has 2 aliphatic rings. The minimum atomic E-state index is -0.393. The van der Waals surface area contributed by atoms with Crippen molar-refractivity contribution in [2.75, 3.05) is 6.61 Å². The average Bonchev–Trinajstić information content (AvgIpc) is 2.77. The molecule has 2 aliphatic carbocycles. The smallest absolute Gasteiger partial charge is 0.304 e. The molecule has 4 atom stereocenters. The minimum absolute atomic E-state index is 0.271. The number of ether oxygens (including phenoxy) is 2. The van der Waals surface area contributed by atoms with Gasteiger partial charge in [-0.05, 0) is 50.4 Å². The molecule has 2 rings (SSSR count). The molecule has 0 saturated heterocycles. The fourth-order valence-corrected chi connectivity index (χ4v) is 3.38. The second-order valence-electron chi connectivity index (χ2n) is 5.27. The summed E-state index contributed by atoms with van der Waals surface area (Å²) in [5, 5.41) is 0. The molecule has 2 saturated carbocycles. The first-order valence-electron chi connectivity index (χ1n) is 6.44. The Bertz CT molecular complexity index is 252. The molecule has 92 valence electrons. The van der Waals surface area contributed by atoms with E-state index in [1.807, 2.05) is 0 Å². The molecule has 0 spiro atoms. The van der Waals surface area contributed by atoms with Gasteiger partial charge in [-0.2, -0.15) is 0 Å². The number of carbonyl (C=O) groups is 1. The number of hydrogen-bond donors (Lipinski definition) is 0. The van der Waals surface area contributed by atoms with Crippen LogP contribution in [0.25, 0.3) is 0 Å². The van der Waals surface area contributed by atoms with E-state index in [9.17, 15) is 4.79 Å². The van der Waals surface area contributed by atoms with Gasteiger partial charge in [-0.15, -0.1) is 0 Å². The summed E-state index contributed by atoms with van der Waals surface area (Å²) in [6, 6.07) is 0. The molecule has 0 radical (unpaired) electrons. The highest BCUT2D eigenvalue weighted by Crippen LogP contribution is 2.49. The van der Waals surface area contributed by atoms with Crippen molar-refractivity contribution in [3.8, 4) is 0 Å². The summed E-state index contributed by atoms with van der Waals surface area (Å²) >= 11 is 0. The first-order chi connectivity index (χ1) is 7.65. The maximum Gasteiger partial charge on any atom is 0.304 e. The summed E-state index contributed by atoms with van der Waals surface area (Å²) in [7, 11) is 0. The quantitative estimate of drug-likeness (QED) is 0.534. The summed E-state index contributed by atoms with van der Waals surface area (Å²) in [5.74, 6) is 2.55. The molecule has 0 N–H and O–H groups in total. The van der Waals surface area contributed by atoms with E-state index in [0.29, 0.717) is 0 Å². The lowest BCUT2D eigenvalue weighted by molar-refractivity contribution is -0.172. The second kappa shape index (κ2) is 5.17. The van der Waals surface area contributed by atoms with E-state index in [-0.39, 0.29) is 5.97 Å². The minimum Gasteiger partial charge on any atom is -0.436 e. The maximum absolute atomic E-state index is 10.7. The van der Waals surface area contributed by atoms with Crippen LogP contribution in [0.5, 0.6) is 0 Å². The van der Waals surface area contributed by atoms with Crippen LogP contribution in [0.1, 0.15) is 46.0 Å². The molecule has 0 aromatic heterocycles. The maximum atomic E-state index is 10.7. The summed E-state index contributed by atoms with van der Waals surface area (Å²) < 4.78 is 10.4. The van der Waals surface area contributed by atoms with E-state index in [2.05, 4.69) is 0 Å². The van der Waals surface area contributed by atoms with Crippen molar-refractivity contribution in [3.63, 3.8) is 0 Å². The predicted octanol–water partition coefficient (Wildman–Crippen LogP) is 2.74. The monoisotopic (exact) mass is 226 g/mol. The van der Waals surface area contributed by atoms with E-state index >= 15 is 0 Å². The summed E-state index contributed by atoms with van der Waals surface area (Å²) in [6.45, 7) is 3.92. The van der Waals surface area contributed by atoms with Crippen LogP contribution in [-0.4, -0.2) is 18.9 Å². The molecule has 3 heteroatoms. The zero-order valence-electron chi connectivity index (χ0n) is 10.3. The molecule has 2 fully saturated rings. The largest absolute Gasteiger partial charge is 0.436 e. The van der Waals surface area contributed by atoms with E-state index in [0.717, 1.165) is 30.8 Å². The molecule has 3 nitrogen and oxygen atoms in total. The van der Waals surface area contributed by atoms with Gasteiger partial charge in [0.2, 0.25) is 0 Å². The number of rotatable bonds is 5. The normalized spacial score (nSPS) is 34.0. The van der Waals surface area contributed by atoms with Crippen LogP contribution in [-0.2, 0) is 14.3 Å². The van der Waals surface area contributed by atoms with Gasteiger partial charge in [0, 0.05) is 6.92 Å². The van der Waals surface area contributed by atoms with Gasteiger partial charge in [-0.3, -0.25) is 4.79 Å². The third kappa shape index (κ3) is 2.97. The van der Waals surface area contributed by atoms with Crippen LogP contribution in [0.15, 0.2) is 0 Å². The Hall–Kier alpha value is -0.570. The van der Waals surface area contributed by atoms with Crippen LogP contribution in [0.3, 0.4) is 0 Å². The summed E-state index contributed by atoms with van der Waals surface area (Å²) in [4.78, 5) is 10.7. The SMILES string of the molecule is CC(=O)OC(C)OCCC1CC2CC[C@H]1C2. The lowest BCUT2D eigenvalue weighted by Crippen LogP contribution is -2.19. The van der Waals surface area contributed by atoms with Crippen LogP contribution < -0.4 is 0 Å². The van der Waals surface area contributed by atoms with Crippen molar-refractivity contribution in [2.45, 2.75) is 52.2 Å². The highest BCUT2D eigenvalue weighted by Gasteiger charge is 2.38. The van der Waals surface area contributed by atoms with Crippen molar-refractivity contribution in [1.82, 2.24) is 0 Å². The van der Waals surface area contributed by atoms with Gasteiger partial charge in [0.25, 0.3) is 0 Å². The zero-order valence-corrected chi connectivity index (χ0v) is 10.3. The number of hydrogen-bond acceptors (Lipinski definition) is 3. The molecule has 0 aromatic rings. The number of fused-ring (bicyclic) bond motifs is 2. The van der Waals surface area contributed by atoms with Gasteiger partial charge in [0.1, 0.15) is 0 Å². The van der Waals surface area contributed by atoms with Crippen molar-refractivity contribution in [1.29, 1.82) is 0 Å². The molecule has 0 aliphatic heterocycles. The second-order valence-corrected chi connectivity index (χ2v) is 5.27. The van der Waals surface area contributed by atoms with E-state index < -0.39 is 6.29 Å². The Balaban J connectivity index is 1.60. The summed E-state index contributed by atoms with van der Waals surface area (Å²) in [6.07, 6.45) is 6.46. The predicted molar refractivity (Wildman–Crippen MR) is 60.7 cm³/mol. The molecule has 0 amide bonds. The Labute approximate surface area is 97.5 Å². The van der Waals surface area contributed by atoms with Gasteiger partial charge >= 0.3 is 5.97 Å². The molecule has 16 heavy (non-hydrogen) atoms. The fraction of sp³-hybridized carbons (Fsp3) is 0.923. The van der Waals surface area contributed by atoms with Crippen LogP contribution in [0.4, 0.5) is 0 Å². The van der Waals surface area contributed by atoms with Crippen LogP contribution in [0.2, 0.25) is 0 Å². The van der Waals surface area contributed by atoms with Gasteiger partial charge in [-0.1, -0.05) is 6.42 Å². The lowest BCUT2D eigenvalue weighted by Gasteiger charge is -2.22. The highest BCUT2D eigenvalue weighted by molar-refractivity contribution is 5.65. The molecule has 0 heterocycles. The van der Waals surface area contributed by atoms with Crippen LogP contribution in [0, 0.1) is 17.8 Å². The van der Waals surface area contributed by atoms with Gasteiger partial charge in [0.05, 0.1) is 6.61 Å². The first kappa shape index (κ1) is 11.9. The molecular weight excluding hydrogens is 204 g/mol. The van der Waals surface area contributed by atoms with Gasteiger partial charge in [0.15, 0.2) is 6.29 Å². The summed E-state index contributed by atoms with van der Waals surface area (Å²) in [5.41, 5.74) is 0. The third-order valence-electron chi connectivity index (χ3n) is 4.06. The average molecular weight is 226 g/mol. The molecular formula is C13H22O3. The topological polar surface area (TPSA) is 35.5 Å². The van der Waals surface area contributed by atoms with E-state index in [1.54, 1.807) is 6.92 Å². The highest BCUT2D eigenvalue weighted by atomic mass is 16.7. The number of esters is 1. The van der Waals surface area contributed by atoms with Crippen LogP contribution >= 0.6 is 0 Å². The zero-order chi connectivity index (χ0) is 11.5. The van der Waals surface area contributed by atoms with Gasteiger partial charge in [-0.25, -0.2) is 0 Å². The van der Waals surface area contributed by atoms with Crippen molar-refractivity contribution in [3.05, 3.63) is 0 Å².